The van der Waals surface area contributed by atoms with Gasteiger partial charge in [0.1, 0.15) is 5.75 Å². The molecule has 0 bridgehead atoms. The molecule has 1 saturated carbocycles. The Bertz CT molecular complexity index is 1580. The maximum Gasteiger partial charge on any atom is 0.250 e. The van der Waals surface area contributed by atoms with Gasteiger partial charge in [0, 0.05) is 76.5 Å². The second kappa shape index (κ2) is 11.8. The fourth-order valence-electron chi connectivity index (χ4n) is 7.11. The number of methoxy groups -OCH3 is 1. The second-order valence-corrected chi connectivity index (χ2v) is 14.1. The predicted molar refractivity (Wildman–Crippen MR) is 161 cm³/mol. The van der Waals surface area contributed by atoms with E-state index in [0.29, 0.717) is 25.4 Å². The Morgan fingerprint density at radius 1 is 1.02 bits per heavy atom. The number of carbonyl (C=O) groups is 1. The molecule has 2 aliphatic heterocycles. The molecule has 8 nitrogen and oxygen atoms in total. The summed E-state index contributed by atoms with van der Waals surface area (Å²) < 4.78 is 64.6. The summed E-state index contributed by atoms with van der Waals surface area (Å²) in [5.74, 6) is -1.99. The fraction of sp³-hybridized carbons (Fsp3) is 0.531. The molecule has 1 saturated heterocycles. The van der Waals surface area contributed by atoms with E-state index in [2.05, 4.69) is 4.90 Å². The van der Waals surface area contributed by atoms with E-state index in [4.69, 9.17) is 4.74 Å². The Balaban J connectivity index is 1.20. The predicted octanol–water partition coefficient (Wildman–Crippen LogP) is 5.29. The van der Waals surface area contributed by atoms with E-state index in [1.807, 2.05) is 35.0 Å². The van der Waals surface area contributed by atoms with E-state index >= 15 is 0 Å². The first-order valence-electron chi connectivity index (χ1n) is 15.2. The van der Waals surface area contributed by atoms with Gasteiger partial charge in [-0.1, -0.05) is 12.1 Å². The smallest absolute Gasteiger partial charge is 0.250 e. The topological polar surface area (TPSA) is 75.1 Å². The van der Waals surface area contributed by atoms with Crippen molar-refractivity contribution < 1.29 is 26.7 Å². The molecule has 2 aromatic carbocycles. The summed E-state index contributed by atoms with van der Waals surface area (Å²) in [4.78, 5) is 18.0. The quantitative estimate of drug-likeness (QED) is 0.362. The maximum absolute atomic E-state index is 14.1. The van der Waals surface area contributed by atoms with E-state index in [0.717, 1.165) is 42.1 Å². The van der Waals surface area contributed by atoms with Crippen LogP contribution in [0.1, 0.15) is 56.7 Å². The molecule has 3 unspecified atom stereocenters. The molecule has 1 aliphatic carbocycles. The summed E-state index contributed by atoms with van der Waals surface area (Å²) in [7, 11) is -0.521. The highest BCUT2D eigenvalue weighted by molar-refractivity contribution is 7.89. The Hall–Kier alpha value is -3.02. The summed E-state index contributed by atoms with van der Waals surface area (Å²) in [5, 5.41) is 1.67. The molecule has 3 aliphatic rings. The number of aromatic nitrogens is 1. The molecule has 6 rings (SSSR count). The lowest BCUT2D eigenvalue weighted by molar-refractivity contribution is -0.134. The van der Waals surface area contributed by atoms with E-state index in [9.17, 15) is 22.0 Å². The first-order chi connectivity index (χ1) is 20.6. The standard InChI is InChI=1S/C32H40F2N4O4S/c1-35(25-5-3-6-26(21-25)36-15-12-32(33,34)13-16-36)31(39)22-30-29-7-4-14-37(29)17-18-38(30)43(40,41)28-11-9-23-19-27(42-2)10-8-24(23)20-28/h4,7-11,14,19-20,25-26,30H,3,5-6,12-13,15-18,21-22H2,1-2H3. The number of carbonyl (C=O) groups excluding carboxylic acids is 1. The van der Waals surface area contributed by atoms with Gasteiger partial charge in [0.25, 0.3) is 5.92 Å². The fourth-order valence-corrected chi connectivity index (χ4v) is 8.74. The van der Waals surface area contributed by atoms with Crippen molar-refractivity contribution in [2.24, 2.45) is 0 Å². The lowest BCUT2D eigenvalue weighted by Gasteiger charge is -2.43. The molecule has 3 atom stereocenters. The van der Waals surface area contributed by atoms with Crippen LogP contribution in [-0.4, -0.2) is 84.8 Å². The number of halogens is 2. The van der Waals surface area contributed by atoms with Crippen molar-refractivity contribution in [3.8, 4) is 5.75 Å². The van der Waals surface area contributed by atoms with Crippen molar-refractivity contribution in [1.82, 2.24) is 18.7 Å². The number of amides is 1. The largest absolute Gasteiger partial charge is 0.497 e. The number of alkyl halides is 2. The minimum Gasteiger partial charge on any atom is -0.497 e. The van der Waals surface area contributed by atoms with Crippen LogP contribution >= 0.6 is 0 Å². The number of hydrogen-bond acceptors (Lipinski definition) is 5. The number of piperidine rings is 1. The van der Waals surface area contributed by atoms with Gasteiger partial charge in [0.05, 0.1) is 18.0 Å². The SMILES string of the molecule is COc1ccc2cc(S(=O)(=O)N3CCn4cccc4C3CC(=O)N(C)C3CCCC(N4CCC(F)(F)CC4)C3)ccc2c1. The third-order valence-corrected chi connectivity index (χ3v) is 11.6. The molecule has 0 N–H and O–H groups in total. The summed E-state index contributed by atoms with van der Waals surface area (Å²) in [6.07, 6.45) is 5.22. The zero-order chi connectivity index (χ0) is 30.4. The number of nitrogens with zero attached hydrogens (tertiary/aromatic N) is 4. The molecule has 43 heavy (non-hydrogen) atoms. The number of fused-ring (bicyclic) bond motifs is 2. The van der Waals surface area contributed by atoms with Crippen molar-refractivity contribution >= 4 is 26.7 Å². The molecule has 0 radical (unpaired) electrons. The number of ether oxygens (including phenoxy) is 1. The van der Waals surface area contributed by atoms with Crippen LogP contribution in [0.5, 0.6) is 5.75 Å². The first kappa shape index (κ1) is 30.0. The summed E-state index contributed by atoms with van der Waals surface area (Å²) in [5.41, 5.74) is 0.804. The number of hydrogen-bond donors (Lipinski definition) is 0. The van der Waals surface area contributed by atoms with E-state index in [-0.39, 0.29) is 48.7 Å². The van der Waals surface area contributed by atoms with Crippen molar-refractivity contribution in [2.45, 2.75) is 80.4 Å². The van der Waals surface area contributed by atoms with Crippen LogP contribution in [0.2, 0.25) is 0 Å². The monoisotopic (exact) mass is 614 g/mol. The number of sulfonamides is 1. The van der Waals surface area contributed by atoms with Crippen molar-refractivity contribution in [3.63, 3.8) is 0 Å². The highest BCUT2D eigenvalue weighted by Gasteiger charge is 2.41. The van der Waals surface area contributed by atoms with Gasteiger partial charge in [-0.3, -0.25) is 9.69 Å². The van der Waals surface area contributed by atoms with E-state index in [1.54, 1.807) is 43.3 Å². The third kappa shape index (κ3) is 6.04. The summed E-state index contributed by atoms with van der Waals surface area (Å²) in [6, 6.07) is 13.9. The highest BCUT2D eigenvalue weighted by Crippen LogP contribution is 2.37. The van der Waals surface area contributed by atoms with Gasteiger partial charge in [-0.2, -0.15) is 4.31 Å². The molecule has 0 spiro atoms. The van der Waals surface area contributed by atoms with E-state index < -0.39 is 22.0 Å². The first-order valence-corrected chi connectivity index (χ1v) is 16.6. The number of benzene rings is 2. The Morgan fingerprint density at radius 3 is 2.53 bits per heavy atom. The van der Waals surface area contributed by atoms with Crippen LogP contribution < -0.4 is 4.74 Å². The normalized spacial score (nSPS) is 24.9. The van der Waals surface area contributed by atoms with Gasteiger partial charge < -0.3 is 14.2 Å². The second-order valence-electron chi connectivity index (χ2n) is 12.2. The zero-order valence-electron chi connectivity index (χ0n) is 24.8. The van der Waals surface area contributed by atoms with Gasteiger partial charge in [-0.25, -0.2) is 17.2 Å². The van der Waals surface area contributed by atoms with Gasteiger partial charge in [-0.05, 0) is 72.9 Å². The summed E-state index contributed by atoms with van der Waals surface area (Å²) in [6.45, 7) is 1.54. The lowest BCUT2D eigenvalue weighted by atomic mass is 9.87. The van der Waals surface area contributed by atoms with Crippen LogP contribution in [0.15, 0.2) is 59.6 Å². The average Bonchev–Trinajstić information content (AvgIpc) is 3.50. The molecule has 3 heterocycles. The molecule has 1 aromatic heterocycles. The Morgan fingerprint density at radius 2 is 1.77 bits per heavy atom. The van der Waals surface area contributed by atoms with Crippen LogP contribution in [-0.2, 0) is 21.4 Å². The van der Waals surface area contributed by atoms with Gasteiger partial charge in [0.15, 0.2) is 0 Å². The highest BCUT2D eigenvalue weighted by atomic mass is 32.2. The molecule has 1 amide bonds. The Kier molecular flexibility index (Phi) is 8.25. The van der Waals surface area contributed by atoms with Gasteiger partial charge in [0.2, 0.25) is 15.9 Å². The third-order valence-electron chi connectivity index (χ3n) is 9.71. The minimum atomic E-state index is -3.92. The van der Waals surface area contributed by atoms with Crippen molar-refractivity contribution in [2.75, 3.05) is 33.8 Å². The van der Waals surface area contributed by atoms with Crippen LogP contribution in [0.25, 0.3) is 10.8 Å². The van der Waals surface area contributed by atoms with Crippen molar-refractivity contribution in [1.29, 1.82) is 0 Å². The average molecular weight is 615 g/mol. The molecule has 2 fully saturated rings. The molecular formula is C32H40F2N4O4S. The van der Waals surface area contributed by atoms with Crippen molar-refractivity contribution in [3.05, 3.63) is 60.4 Å². The van der Waals surface area contributed by atoms with Crippen LogP contribution in [0.4, 0.5) is 8.78 Å². The van der Waals surface area contributed by atoms with Gasteiger partial charge in [-0.15, -0.1) is 0 Å². The maximum atomic E-state index is 14.1. The minimum absolute atomic E-state index is 0.00778. The summed E-state index contributed by atoms with van der Waals surface area (Å²) >= 11 is 0. The molecule has 11 heteroatoms. The zero-order valence-corrected chi connectivity index (χ0v) is 25.6. The number of rotatable bonds is 7. The number of likely N-dealkylation sites (tertiary alicyclic amines) is 1. The Labute approximate surface area is 252 Å². The van der Waals surface area contributed by atoms with E-state index in [1.165, 1.54) is 4.31 Å². The van der Waals surface area contributed by atoms with Crippen LogP contribution in [0, 0.1) is 0 Å². The molecule has 3 aromatic rings. The van der Waals surface area contributed by atoms with Gasteiger partial charge >= 0.3 is 0 Å². The molecular weight excluding hydrogens is 574 g/mol. The van der Waals surface area contributed by atoms with Crippen LogP contribution in [0.3, 0.4) is 0 Å². The lowest BCUT2D eigenvalue weighted by Crippen LogP contribution is -2.51. The molecule has 232 valence electrons.